The summed E-state index contributed by atoms with van der Waals surface area (Å²) < 4.78 is 16.1. The highest BCUT2D eigenvalue weighted by atomic mass is 32.1. The summed E-state index contributed by atoms with van der Waals surface area (Å²) in [5, 5.41) is 2.00. The molecule has 0 N–H and O–H groups in total. The van der Waals surface area contributed by atoms with E-state index in [-0.39, 0.29) is 18.3 Å². The minimum Gasteiger partial charge on any atom is -0.399 e. The Labute approximate surface area is 95.1 Å². The molecule has 2 heterocycles. The first-order valence-electron chi connectivity index (χ1n) is 5.10. The summed E-state index contributed by atoms with van der Waals surface area (Å²) in [7, 11) is -0.270. The molecule has 1 aromatic rings. The lowest BCUT2D eigenvalue weighted by atomic mass is 9.80. The predicted octanol–water partition coefficient (Wildman–Crippen LogP) is 1.75. The van der Waals surface area contributed by atoms with E-state index in [4.69, 9.17) is 9.31 Å². The van der Waals surface area contributed by atoms with E-state index in [1.807, 2.05) is 12.3 Å². The summed E-state index contributed by atoms with van der Waals surface area (Å²) in [6.45, 7) is 10.2. The van der Waals surface area contributed by atoms with Crippen LogP contribution in [0.2, 0.25) is 0 Å². The van der Waals surface area contributed by atoms with Gasteiger partial charge in [-0.25, -0.2) is 0 Å². The van der Waals surface area contributed by atoms with E-state index in [9.17, 15) is 0 Å². The molecule has 1 aliphatic heterocycles. The summed E-state index contributed by atoms with van der Waals surface area (Å²) in [5.41, 5.74) is 1.51. The Morgan fingerprint density at radius 2 is 1.73 bits per heavy atom. The summed E-state index contributed by atoms with van der Waals surface area (Å²) in [5.74, 6) is 0. The summed E-state index contributed by atoms with van der Waals surface area (Å²) in [4.78, 5) is 0. The third kappa shape index (κ3) is 1.73. The van der Waals surface area contributed by atoms with Crippen molar-refractivity contribution >= 4 is 24.1 Å². The molecular formula is C10H16BNO2S. The molecule has 1 fully saturated rings. The van der Waals surface area contributed by atoms with Gasteiger partial charge in [-0.3, -0.25) is 0 Å². The van der Waals surface area contributed by atoms with E-state index in [0.29, 0.717) is 0 Å². The van der Waals surface area contributed by atoms with Gasteiger partial charge in [0.2, 0.25) is 0 Å². The van der Waals surface area contributed by atoms with Crippen LogP contribution in [0.1, 0.15) is 33.4 Å². The topological polar surface area (TPSA) is 31.4 Å². The lowest BCUT2D eigenvalue weighted by Gasteiger charge is -2.32. The van der Waals surface area contributed by atoms with Crippen LogP contribution in [0, 0.1) is 6.92 Å². The standard InChI is InChI=1S/C10H16BNO2S/c1-7-8(6-15-12-7)11-13-9(2,3)10(4,5)14-11/h6H,1-5H3. The van der Waals surface area contributed by atoms with Crippen molar-refractivity contribution in [1.29, 1.82) is 0 Å². The molecule has 1 aromatic heterocycles. The first-order chi connectivity index (χ1) is 6.83. The molecule has 0 amide bonds. The number of aromatic nitrogens is 1. The third-order valence-electron chi connectivity index (χ3n) is 3.29. The fourth-order valence-electron chi connectivity index (χ4n) is 1.50. The monoisotopic (exact) mass is 225 g/mol. The average molecular weight is 225 g/mol. The smallest absolute Gasteiger partial charge is 0.399 e. The van der Waals surface area contributed by atoms with Crippen molar-refractivity contribution in [3.63, 3.8) is 0 Å². The Morgan fingerprint density at radius 1 is 1.20 bits per heavy atom. The van der Waals surface area contributed by atoms with Gasteiger partial charge in [0.25, 0.3) is 0 Å². The third-order valence-corrected chi connectivity index (χ3v) is 4.03. The Bertz CT molecular complexity index is 359. The fraction of sp³-hybridized carbons (Fsp3) is 0.700. The van der Waals surface area contributed by atoms with E-state index in [0.717, 1.165) is 11.2 Å². The highest BCUT2D eigenvalue weighted by Gasteiger charge is 2.52. The zero-order chi connectivity index (χ0) is 11.3. The molecule has 0 saturated carbocycles. The normalized spacial score (nSPS) is 23.4. The van der Waals surface area contributed by atoms with Crippen LogP contribution >= 0.6 is 11.5 Å². The number of hydrogen-bond acceptors (Lipinski definition) is 4. The lowest BCUT2D eigenvalue weighted by molar-refractivity contribution is 0.00578. The second-order valence-electron chi connectivity index (χ2n) is 4.94. The minimum absolute atomic E-state index is 0.270. The van der Waals surface area contributed by atoms with Crippen molar-refractivity contribution in [3.05, 3.63) is 11.1 Å². The van der Waals surface area contributed by atoms with Gasteiger partial charge in [-0.2, -0.15) is 4.37 Å². The van der Waals surface area contributed by atoms with Crippen molar-refractivity contribution in [2.75, 3.05) is 0 Å². The van der Waals surface area contributed by atoms with Crippen LogP contribution in [-0.4, -0.2) is 22.7 Å². The molecule has 0 aromatic carbocycles. The molecular weight excluding hydrogens is 209 g/mol. The SMILES string of the molecule is Cc1nscc1B1OC(C)(C)C(C)(C)O1. The van der Waals surface area contributed by atoms with Crippen molar-refractivity contribution in [2.45, 2.75) is 45.8 Å². The Hall–Kier alpha value is -0.385. The van der Waals surface area contributed by atoms with Crippen molar-refractivity contribution in [2.24, 2.45) is 0 Å². The first-order valence-corrected chi connectivity index (χ1v) is 5.94. The molecule has 0 bridgehead atoms. The molecule has 82 valence electrons. The van der Waals surface area contributed by atoms with Gasteiger partial charge in [0.05, 0.1) is 16.9 Å². The summed E-state index contributed by atoms with van der Waals surface area (Å²) >= 11 is 1.44. The molecule has 5 heteroatoms. The zero-order valence-corrected chi connectivity index (χ0v) is 10.6. The van der Waals surface area contributed by atoms with Crippen LogP contribution in [0.5, 0.6) is 0 Å². The molecule has 0 radical (unpaired) electrons. The van der Waals surface area contributed by atoms with Gasteiger partial charge in [-0.1, -0.05) is 0 Å². The molecule has 0 unspecified atom stereocenters. The van der Waals surface area contributed by atoms with Gasteiger partial charge in [-0.05, 0) is 46.2 Å². The molecule has 0 atom stereocenters. The Balaban J connectivity index is 2.27. The number of nitrogens with zero attached hydrogens (tertiary/aromatic N) is 1. The highest BCUT2D eigenvalue weighted by Crippen LogP contribution is 2.36. The van der Waals surface area contributed by atoms with E-state index < -0.39 is 0 Å². The first kappa shape index (κ1) is 11.1. The van der Waals surface area contributed by atoms with E-state index in [1.165, 1.54) is 11.5 Å². The van der Waals surface area contributed by atoms with E-state index in [2.05, 4.69) is 32.1 Å². The Kier molecular flexibility index (Phi) is 2.45. The van der Waals surface area contributed by atoms with Crippen molar-refractivity contribution < 1.29 is 9.31 Å². The van der Waals surface area contributed by atoms with Gasteiger partial charge in [0.1, 0.15) is 0 Å². The highest BCUT2D eigenvalue weighted by molar-refractivity contribution is 7.05. The predicted molar refractivity (Wildman–Crippen MR) is 62.6 cm³/mol. The van der Waals surface area contributed by atoms with Gasteiger partial charge >= 0.3 is 7.12 Å². The molecule has 1 aliphatic rings. The van der Waals surface area contributed by atoms with Crippen LogP contribution in [0.3, 0.4) is 0 Å². The van der Waals surface area contributed by atoms with Gasteiger partial charge in [0.15, 0.2) is 0 Å². The molecule has 2 rings (SSSR count). The lowest BCUT2D eigenvalue weighted by Crippen LogP contribution is -2.41. The maximum Gasteiger partial charge on any atom is 0.497 e. The number of rotatable bonds is 1. The van der Waals surface area contributed by atoms with E-state index >= 15 is 0 Å². The fourth-order valence-corrected chi connectivity index (χ4v) is 2.21. The zero-order valence-electron chi connectivity index (χ0n) is 9.83. The number of aryl methyl sites for hydroxylation is 1. The second kappa shape index (κ2) is 3.30. The Morgan fingerprint density at radius 3 is 2.13 bits per heavy atom. The molecule has 0 aliphatic carbocycles. The molecule has 1 saturated heterocycles. The van der Waals surface area contributed by atoms with Crippen LogP contribution in [0.15, 0.2) is 5.38 Å². The molecule has 15 heavy (non-hydrogen) atoms. The van der Waals surface area contributed by atoms with E-state index in [1.54, 1.807) is 0 Å². The van der Waals surface area contributed by atoms with Crippen LogP contribution in [0.25, 0.3) is 0 Å². The number of hydrogen-bond donors (Lipinski definition) is 0. The van der Waals surface area contributed by atoms with Crippen LogP contribution < -0.4 is 5.46 Å². The van der Waals surface area contributed by atoms with Gasteiger partial charge < -0.3 is 9.31 Å². The second-order valence-corrected chi connectivity index (χ2v) is 5.57. The molecule has 3 nitrogen and oxygen atoms in total. The summed E-state index contributed by atoms with van der Waals surface area (Å²) in [6, 6.07) is 0. The minimum atomic E-state index is -0.272. The van der Waals surface area contributed by atoms with Crippen molar-refractivity contribution in [1.82, 2.24) is 4.37 Å². The maximum atomic E-state index is 5.93. The quantitative estimate of drug-likeness (QED) is 0.682. The van der Waals surface area contributed by atoms with Gasteiger partial charge in [0, 0.05) is 10.8 Å². The molecule has 0 spiro atoms. The largest absolute Gasteiger partial charge is 0.497 e. The van der Waals surface area contributed by atoms with Crippen molar-refractivity contribution in [3.8, 4) is 0 Å². The maximum absolute atomic E-state index is 5.93. The van der Waals surface area contributed by atoms with Crippen LogP contribution in [-0.2, 0) is 9.31 Å². The average Bonchev–Trinajstić information content (AvgIpc) is 2.55. The summed E-state index contributed by atoms with van der Waals surface area (Å²) in [6.07, 6.45) is 0. The van der Waals surface area contributed by atoms with Crippen LogP contribution in [0.4, 0.5) is 0 Å². The van der Waals surface area contributed by atoms with Gasteiger partial charge in [-0.15, -0.1) is 0 Å².